The lowest BCUT2D eigenvalue weighted by Crippen LogP contribution is -2.45. The molecular weight excluding hydrogens is 440 g/mol. The number of nitrogens with zero attached hydrogens (tertiary/aromatic N) is 2. The first kappa shape index (κ1) is 23.0. The number of piperidine rings is 1. The zero-order chi connectivity index (χ0) is 24.5. The maximum Gasteiger partial charge on any atom is 0.254 e. The van der Waals surface area contributed by atoms with Crippen LogP contribution in [-0.4, -0.2) is 41.4 Å². The Morgan fingerprint density at radius 3 is 2.06 bits per heavy atom. The molecule has 182 valence electrons. The third kappa shape index (κ3) is 3.83. The molecule has 3 heteroatoms. The van der Waals surface area contributed by atoms with Crippen molar-refractivity contribution in [1.29, 1.82) is 0 Å². The van der Waals surface area contributed by atoms with Crippen molar-refractivity contribution in [3.05, 3.63) is 120 Å². The molecule has 1 aliphatic carbocycles. The average Bonchev–Trinajstić information content (AvgIpc) is 3.41. The molecule has 3 nitrogen and oxygen atoms in total. The van der Waals surface area contributed by atoms with E-state index in [-0.39, 0.29) is 11.3 Å². The Hall–Kier alpha value is -3.43. The molecule has 0 aromatic heterocycles. The highest BCUT2D eigenvalue weighted by molar-refractivity contribution is 5.98. The van der Waals surface area contributed by atoms with Crippen LogP contribution in [0.3, 0.4) is 0 Å². The number of amides is 1. The number of fused-ring (bicyclic) bond motifs is 4. The molecule has 0 unspecified atom stereocenters. The summed E-state index contributed by atoms with van der Waals surface area (Å²) in [4.78, 5) is 17.5. The van der Waals surface area contributed by atoms with E-state index in [0.29, 0.717) is 6.04 Å². The van der Waals surface area contributed by atoms with Crippen molar-refractivity contribution in [2.45, 2.75) is 43.7 Å². The minimum atomic E-state index is -0.0381. The van der Waals surface area contributed by atoms with Crippen molar-refractivity contribution in [2.75, 3.05) is 19.6 Å². The molecule has 0 saturated carbocycles. The molecule has 0 radical (unpaired) electrons. The summed E-state index contributed by atoms with van der Waals surface area (Å²) in [6, 6.07) is 26.2. The Morgan fingerprint density at radius 2 is 1.42 bits per heavy atom. The maximum atomic E-state index is 12.9. The molecule has 1 saturated heterocycles. The van der Waals surface area contributed by atoms with E-state index in [1.165, 1.54) is 27.8 Å². The summed E-state index contributed by atoms with van der Waals surface area (Å²) in [6.45, 7) is 7.93. The smallest absolute Gasteiger partial charge is 0.254 e. The zero-order valence-corrected chi connectivity index (χ0v) is 20.9. The van der Waals surface area contributed by atoms with E-state index in [9.17, 15) is 4.79 Å². The van der Waals surface area contributed by atoms with Gasteiger partial charge in [-0.3, -0.25) is 9.69 Å². The monoisotopic (exact) mass is 474 g/mol. The van der Waals surface area contributed by atoms with E-state index in [0.717, 1.165) is 57.4 Å². The van der Waals surface area contributed by atoms with Gasteiger partial charge in [0.1, 0.15) is 0 Å². The fourth-order valence-electron chi connectivity index (χ4n) is 6.68. The van der Waals surface area contributed by atoms with Crippen molar-refractivity contribution in [2.24, 2.45) is 0 Å². The van der Waals surface area contributed by atoms with Crippen LogP contribution < -0.4 is 0 Å². The highest BCUT2D eigenvalue weighted by Gasteiger charge is 2.41. The third-order valence-corrected chi connectivity index (χ3v) is 8.51. The summed E-state index contributed by atoms with van der Waals surface area (Å²) in [5.41, 5.74) is 7.61. The molecule has 0 N–H and O–H groups in total. The van der Waals surface area contributed by atoms with Crippen LogP contribution in [0.25, 0.3) is 11.1 Å². The number of benzene rings is 3. The molecular formula is C33H34N2O. The van der Waals surface area contributed by atoms with Crippen LogP contribution in [0, 0.1) is 0 Å². The molecule has 1 fully saturated rings. The van der Waals surface area contributed by atoms with Crippen LogP contribution in [0.15, 0.2) is 97.6 Å². The molecule has 3 aromatic carbocycles. The summed E-state index contributed by atoms with van der Waals surface area (Å²) in [5, 5.41) is 0. The van der Waals surface area contributed by atoms with Crippen molar-refractivity contribution < 1.29 is 4.79 Å². The van der Waals surface area contributed by atoms with Crippen molar-refractivity contribution in [3.63, 3.8) is 0 Å². The summed E-state index contributed by atoms with van der Waals surface area (Å²) in [6.07, 6.45) is 10.8. The van der Waals surface area contributed by atoms with Gasteiger partial charge in [-0.15, -0.1) is 6.58 Å². The van der Waals surface area contributed by atoms with Crippen LogP contribution >= 0.6 is 0 Å². The minimum Gasteiger partial charge on any atom is -0.331 e. The number of hydrogen-bond acceptors (Lipinski definition) is 2. The van der Waals surface area contributed by atoms with Crippen LogP contribution in [-0.2, 0) is 12.0 Å². The van der Waals surface area contributed by atoms with Crippen LogP contribution in [0.5, 0.6) is 0 Å². The molecule has 6 rings (SSSR count). The molecule has 2 aliphatic heterocycles. The Balaban J connectivity index is 1.10. The molecule has 0 spiro atoms. The van der Waals surface area contributed by atoms with Gasteiger partial charge in [0, 0.05) is 43.2 Å². The lowest BCUT2D eigenvalue weighted by atomic mass is 9.73. The number of carbonyl (C=O) groups is 1. The van der Waals surface area contributed by atoms with Gasteiger partial charge < -0.3 is 4.90 Å². The fraction of sp³-hybridized carbons (Fsp3) is 0.303. The van der Waals surface area contributed by atoms with Gasteiger partial charge in [-0.1, -0.05) is 85.0 Å². The van der Waals surface area contributed by atoms with E-state index in [1.807, 2.05) is 18.2 Å². The molecule has 3 aliphatic rings. The Morgan fingerprint density at radius 1 is 0.806 bits per heavy atom. The molecule has 0 bridgehead atoms. The number of rotatable bonds is 7. The van der Waals surface area contributed by atoms with E-state index in [4.69, 9.17) is 0 Å². The molecule has 1 amide bonds. The van der Waals surface area contributed by atoms with Gasteiger partial charge in [-0.2, -0.15) is 0 Å². The maximum absolute atomic E-state index is 12.9. The predicted molar refractivity (Wildman–Crippen MR) is 147 cm³/mol. The largest absolute Gasteiger partial charge is 0.331 e. The second-order valence-corrected chi connectivity index (χ2v) is 10.5. The van der Waals surface area contributed by atoms with E-state index >= 15 is 0 Å². The van der Waals surface area contributed by atoms with Crippen molar-refractivity contribution in [1.82, 2.24) is 9.80 Å². The van der Waals surface area contributed by atoms with Gasteiger partial charge in [-0.05, 0) is 59.6 Å². The topological polar surface area (TPSA) is 23.6 Å². The first-order valence-corrected chi connectivity index (χ1v) is 13.3. The standard InChI is InChI=1S/C33H34N2O/c1-2-19-33(30-15-7-5-13-28(30)29-14-6-8-16-31(29)33)20-9-10-21-34-22-17-26(18-23-34)35-24-25-11-3-4-12-27(25)32(35)36/h2-16,26H,1,17-24H2/b10-9-. The van der Waals surface area contributed by atoms with Gasteiger partial charge >= 0.3 is 0 Å². The lowest BCUT2D eigenvalue weighted by molar-refractivity contribution is 0.0607. The first-order chi connectivity index (χ1) is 17.7. The first-order valence-electron chi connectivity index (χ1n) is 13.3. The molecule has 2 heterocycles. The number of hydrogen-bond donors (Lipinski definition) is 0. The van der Waals surface area contributed by atoms with Gasteiger partial charge in [0.15, 0.2) is 0 Å². The van der Waals surface area contributed by atoms with E-state index in [2.05, 4.69) is 89.2 Å². The summed E-state index contributed by atoms with van der Waals surface area (Å²) in [7, 11) is 0. The van der Waals surface area contributed by atoms with Gasteiger partial charge in [0.05, 0.1) is 0 Å². The Kier molecular flexibility index (Phi) is 6.10. The zero-order valence-electron chi connectivity index (χ0n) is 20.9. The second-order valence-electron chi connectivity index (χ2n) is 10.5. The number of carbonyl (C=O) groups excluding carboxylic acids is 1. The highest BCUT2D eigenvalue weighted by atomic mass is 16.2. The summed E-state index contributed by atoms with van der Waals surface area (Å²) >= 11 is 0. The second kappa shape index (κ2) is 9.55. The van der Waals surface area contributed by atoms with Gasteiger partial charge in [0.25, 0.3) is 5.91 Å². The molecule has 3 aromatic rings. The van der Waals surface area contributed by atoms with Crippen LogP contribution in [0.4, 0.5) is 0 Å². The number of likely N-dealkylation sites (tertiary alicyclic amines) is 1. The average molecular weight is 475 g/mol. The number of allylic oxidation sites excluding steroid dienone is 2. The summed E-state index contributed by atoms with van der Waals surface area (Å²) in [5.74, 6) is 0.216. The quantitative estimate of drug-likeness (QED) is 0.360. The van der Waals surface area contributed by atoms with Crippen molar-refractivity contribution in [3.8, 4) is 11.1 Å². The van der Waals surface area contributed by atoms with Crippen LogP contribution in [0.2, 0.25) is 0 Å². The fourth-order valence-corrected chi connectivity index (χ4v) is 6.68. The highest BCUT2D eigenvalue weighted by Crippen LogP contribution is 2.52. The molecule has 0 atom stereocenters. The normalized spacial score (nSPS) is 18.9. The predicted octanol–water partition coefficient (Wildman–Crippen LogP) is 6.60. The molecule has 36 heavy (non-hydrogen) atoms. The van der Waals surface area contributed by atoms with Crippen LogP contribution in [0.1, 0.15) is 52.7 Å². The minimum absolute atomic E-state index is 0.0381. The summed E-state index contributed by atoms with van der Waals surface area (Å²) < 4.78 is 0. The Labute approximate surface area is 214 Å². The van der Waals surface area contributed by atoms with Crippen molar-refractivity contribution >= 4 is 5.91 Å². The van der Waals surface area contributed by atoms with Gasteiger partial charge in [-0.25, -0.2) is 0 Å². The van der Waals surface area contributed by atoms with E-state index < -0.39 is 0 Å². The van der Waals surface area contributed by atoms with E-state index in [1.54, 1.807) is 0 Å². The lowest BCUT2D eigenvalue weighted by Gasteiger charge is -2.36. The third-order valence-electron chi connectivity index (χ3n) is 8.51. The van der Waals surface area contributed by atoms with Gasteiger partial charge in [0.2, 0.25) is 0 Å². The Bertz CT molecular complexity index is 1270. The SMILES string of the molecule is C=CCC1(C/C=C\CN2CCC(N3Cc4ccccc4C3=O)CC2)c2ccccc2-c2ccccc21.